The largest absolute Gasteiger partial charge is 0.504 e. The third-order valence-electron chi connectivity index (χ3n) is 10.2. The van der Waals surface area contributed by atoms with Crippen LogP contribution in [0.3, 0.4) is 0 Å². The van der Waals surface area contributed by atoms with Crippen molar-refractivity contribution in [3.8, 4) is 23.3 Å². The summed E-state index contributed by atoms with van der Waals surface area (Å²) < 4.78 is 13.3. The van der Waals surface area contributed by atoms with E-state index in [0.29, 0.717) is 44.5 Å². The van der Waals surface area contributed by atoms with Crippen LogP contribution < -0.4 is 4.74 Å². The summed E-state index contributed by atoms with van der Waals surface area (Å²) in [6.07, 6.45) is 3.93. The van der Waals surface area contributed by atoms with Gasteiger partial charge in [0.05, 0.1) is 17.5 Å². The monoisotopic (exact) mass is 582 g/mol. The molecule has 7 nitrogen and oxygen atoms in total. The number of esters is 1. The normalized spacial score (nSPS) is 28.3. The predicted octanol–water partition coefficient (Wildman–Crippen LogP) is 4.82. The number of hydrogen-bond acceptors (Lipinski definition) is 6. The van der Waals surface area contributed by atoms with E-state index in [9.17, 15) is 14.7 Å². The summed E-state index contributed by atoms with van der Waals surface area (Å²) in [5.74, 6) is 6.24. The SMILES string of the molecule is C=CCN1CC[C@]23c4c5ccc(O)c4O[C@H]2[C@@H](N(CC(C)C)C(=O)C#Cc2ccc(C)c(C)c2)CC[C@@]3(OC(C)=O)[C@H]1C5. The minimum Gasteiger partial charge on any atom is -0.504 e. The Morgan fingerprint density at radius 1 is 1.23 bits per heavy atom. The molecule has 0 unspecified atom stereocenters. The summed E-state index contributed by atoms with van der Waals surface area (Å²) in [5, 5.41) is 11.1. The third kappa shape index (κ3) is 4.45. The number of phenolic OH excluding ortho intramolecular Hbond substituents is 1. The Morgan fingerprint density at radius 2 is 2.02 bits per heavy atom. The van der Waals surface area contributed by atoms with Gasteiger partial charge in [0.2, 0.25) is 0 Å². The molecule has 0 radical (unpaired) electrons. The highest BCUT2D eigenvalue weighted by Gasteiger charge is 2.75. The van der Waals surface area contributed by atoms with Gasteiger partial charge in [-0.2, -0.15) is 0 Å². The van der Waals surface area contributed by atoms with Crippen LogP contribution in [0, 0.1) is 31.6 Å². The van der Waals surface area contributed by atoms with Gasteiger partial charge in [-0.3, -0.25) is 14.5 Å². The van der Waals surface area contributed by atoms with Crippen LogP contribution in [0.4, 0.5) is 0 Å². The Balaban J connectivity index is 1.47. The first-order valence-corrected chi connectivity index (χ1v) is 15.5. The lowest BCUT2D eigenvalue weighted by molar-refractivity contribution is -0.223. The molecule has 1 saturated carbocycles. The van der Waals surface area contributed by atoms with E-state index in [-0.39, 0.29) is 35.6 Å². The first kappa shape index (κ1) is 29.3. The van der Waals surface area contributed by atoms with Crippen LogP contribution in [-0.4, -0.2) is 70.2 Å². The molecule has 2 aromatic rings. The predicted molar refractivity (Wildman–Crippen MR) is 165 cm³/mol. The molecule has 1 saturated heterocycles. The van der Waals surface area contributed by atoms with Gasteiger partial charge >= 0.3 is 5.97 Å². The lowest BCUT2D eigenvalue weighted by Crippen LogP contribution is -2.79. The zero-order valence-corrected chi connectivity index (χ0v) is 25.9. The zero-order valence-electron chi connectivity index (χ0n) is 25.9. The number of piperidine rings is 1. The van der Waals surface area contributed by atoms with Crippen molar-refractivity contribution in [1.82, 2.24) is 9.80 Å². The molecule has 2 heterocycles. The number of likely N-dealkylation sites (tertiary alicyclic amines) is 1. The average molecular weight is 583 g/mol. The second-order valence-corrected chi connectivity index (χ2v) is 13.2. The van der Waals surface area contributed by atoms with E-state index in [0.717, 1.165) is 28.8 Å². The molecule has 1 N–H and O–H groups in total. The van der Waals surface area contributed by atoms with E-state index in [2.05, 4.69) is 44.1 Å². The van der Waals surface area contributed by atoms with Crippen molar-refractivity contribution in [3.05, 3.63) is 70.8 Å². The van der Waals surface area contributed by atoms with Gasteiger partial charge in [0.1, 0.15) is 11.7 Å². The van der Waals surface area contributed by atoms with Gasteiger partial charge in [-0.25, -0.2) is 0 Å². The second-order valence-electron chi connectivity index (χ2n) is 13.2. The van der Waals surface area contributed by atoms with E-state index in [4.69, 9.17) is 9.47 Å². The molecule has 5 atom stereocenters. The van der Waals surface area contributed by atoms with Gasteiger partial charge in [0.15, 0.2) is 11.5 Å². The number of benzene rings is 2. The summed E-state index contributed by atoms with van der Waals surface area (Å²) in [6, 6.07) is 9.29. The smallest absolute Gasteiger partial charge is 0.303 e. The minimum atomic E-state index is -0.856. The molecule has 1 amide bonds. The van der Waals surface area contributed by atoms with Crippen molar-refractivity contribution < 1.29 is 24.2 Å². The number of rotatable bonds is 6. The van der Waals surface area contributed by atoms with Crippen LogP contribution >= 0.6 is 0 Å². The van der Waals surface area contributed by atoms with E-state index in [1.165, 1.54) is 12.5 Å². The van der Waals surface area contributed by atoms with E-state index in [1.807, 2.05) is 42.2 Å². The van der Waals surface area contributed by atoms with Crippen molar-refractivity contribution in [2.75, 3.05) is 19.6 Å². The second kappa shape index (κ2) is 10.7. The molecule has 4 aliphatic rings. The highest BCUT2D eigenvalue weighted by atomic mass is 16.6. The van der Waals surface area contributed by atoms with Crippen LogP contribution in [-0.2, 0) is 26.2 Å². The van der Waals surface area contributed by atoms with Gasteiger partial charge in [-0.05, 0) is 80.3 Å². The van der Waals surface area contributed by atoms with Crippen LogP contribution in [0.15, 0.2) is 43.0 Å². The molecule has 0 aromatic heterocycles. The average Bonchev–Trinajstić information content (AvgIpc) is 3.31. The van der Waals surface area contributed by atoms with Crippen molar-refractivity contribution in [3.63, 3.8) is 0 Å². The summed E-state index contributed by atoms with van der Waals surface area (Å²) in [4.78, 5) is 31.1. The Morgan fingerprint density at radius 3 is 2.72 bits per heavy atom. The number of aromatic hydroxyl groups is 1. The molecule has 2 bridgehead atoms. The number of ether oxygens (including phenoxy) is 2. The van der Waals surface area contributed by atoms with Gasteiger partial charge in [-0.15, -0.1) is 6.58 Å². The van der Waals surface area contributed by atoms with E-state index >= 15 is 0 Å². The number of nitrogens with zero attached hydrogens (tertiary/aromatic N) is 2. The van der Waals surface area contributed by atoms with Gasteiger partial charge in [0, 0.05) is 43.6 Å². The highest BCUT2D eigenvalue weighted by Crippen LogP contribution is 2.67. The Labute approximate surface area is 254 Å². The number of amides is 1. The van der Waals surface area contributed by atoms with E-state index in [1.54, 1.807) is 6.07 Å². The van der Waals surface area contributed by atoms with Crippen LogP contribution in [0.1, 0.15) is 67.9 Å². The van der Waals surface area contributed by atoms with Gasteiger partial charge in [0.25, 0.3) is 5.91 Å². The van der Waals surface area contributed by atoms with Crippen LogP contribution in [0.5, 0.6) is 11.5 Å². The topological polar surface area (TPSA) is 79.3 Å². The molecule has 1 spiro atoms. The lowest BCUT2D eigenvalue weighted by Gasteiger charge is -2.65. The van der Waals surface area contributed by atoms with E-state index < -0.39 is 17.1 Å². The zero-order chi connectivity index (χ0) is 30.7. The minimum absolute atomic E-state index is 0.0722. The summed E-state index contributed by atoms with van der Waals surface area (Å²) in [6.45, 7) is 15.7. The molecule has 2 aromatic carbocycles. The molecule has 2 aliphatic heterocycles. The van der Waals surface area contributed by atoms with Crippen molar-refractivity contribution in [1.29, 1.82) is 0 Å². The molecule has 2 fully saturated rings. The number of phenols is 1. The molecule has 6 rings (SSSR count). The quantitative estimate of drug-likeness (QED) is 0.299. The van der Waals surface area contributed by atoms with Crippen molar-refractivity contribution >= 4 is 11.9 Å². The molecular weight excluding hydrogens is 540 g/mol. The molecular formula is C36H42N2O5. The summed E-state index contributed by atoms with van der Waals surface area (Å²) >= 11 is 0. The third-order valence-corrected chi connectivity index (χ3v) is 10.2. The Kier molecular flexibility index (Phi) is 7.33. The maximum Gasteiger partial charge on any atom is 0.303 e. The van der Waals surface area contributed by atoms with Crippen LogP contribution in [0.25, 0.3) is 0 Å². The molecule has 43 heavy (non-hydrogen) atoms. The number of hydrogen-bond donors (Lipinski definition) is 1. The molecule has 2 aliphatic carbocycles. The lowest BCUT2D eigenvalue weighted by atomic mass is 9.48. The van der Waals surface area contributed by atoms with Gasteiger partial charge < -0.3 is 19.5 Å². The van der Waals surface area contributed by atoms with Crippen molar-refractivity contribution in [2.24, 2.45) is 5.92 Å². The maximum absolute atomic E-state index is 14.0. The van der Waals surface area contributed by atoms with Crippen molar-refractivity contribution in [2.45, 2.75) is 89.5 Å². The first-order valence-electron chi connectivity index (χ1n) is 15.5. The highest BCUT2D eigenvalue weighted by molar-refractivity contribution is 5.94. The van der Waals surface area contributed by atoms with Gasteiger partial charge in [-0.1, -0.05) is 38.0 Å². The number of aryl methyl sites for hydroxylation is 2. The maximum atomic E-state index is 14.0. The standard InChI is InChI=1S/C36H42N2O5/c1-7-17-37-18-16-35-32-27-11-12-29(40)33(32)42-34(35)28(14-15-36(35,30(37)20-27)43-25(6)39)38(21-22(2)3)31(41)13-10-26-9-8-23(4)24(5)19-26/h7-9,11-12,19,22,28,30,34,40H,1,14-18,20-21H2,2-6H3/t28-,30+,34-,35-,36+/m0/s1. The fraction of sp³-hybridized carbons (Fsp3) is 0.500. The Bertz CT molecular complexity index is 1550. The number of carbonyl (C=O) groups excluding carboxylic acids is 2. The summed E-state index contributed by atoms with van der Waals surface area (Å²) in [7, 11) is 0. The van der Waals surface area contributed by atoms with Crippen LogP contribution in [0.2, 0.25) is 0 Å². The fourth-order valence-electron chi connectivity index (χ4n) is 8.52. The molecule has 226 valence electrons. The molecule has 7 heteroatoms. The first-order chi connectivity index (χ1) is 20.5. The Hall–Kier alpha value is -3.76. The fourth-order valence-corrected chi connectivity index (χ4v) is 8.52. The summed E-state index contributed by atoms with van der Waals surface area (Å²) in [5.41, 5.74) is 3.62. The number of carbonyl (C=O) groups is 2.